The minimum atomic E-state index is -3.76. The molecule has 1 fully saturated rings. The number of carbonyl (C=O) groups is 1. The van der Waals surface area contributed by atoms with Gasteiger partial charge in [0.2, 0.25) is 0 Å². The van der Waals surface area contributed by atoms with Gasteiger partial charge >= 0.3 is 0 Å². The van der Waals surface area contributed by atoms with Crippen LogP contribution >= 0.6 is 23.2 Å². The van der Waals surface area contributed by atoms with E-state index in [0.29, 0.717) is 10.6 Å². The molecule has 5 nitrogen and oxygen atoms in total. The van der Waals surface area contributed by atoms with Crippen molar-refractivity contribution in [2.24, 2.45) is 0 Å². The van der Waals surface area contributed by atoms with Gasteiger partial charge in [0.15, 0.2) is 0 Å². The third-order valence-electron chi connectivity index (χ3n) is 3.97. The van der Waals surface area contributed by atoms with Gasteiger partial charge in [0.1, 0.15) is 0 Å². The average molecular weight is 399 g/mol. The first-order valence-electron chi connectivity index (χ1n) is 7.74. The van der Waals surface area contributed by atoms with Gasteiger partial charge in [-0.1, -0.05) is 23.2 Å². The molecule has 0 saturated carbocycles. The highest BCUT2D eigenvalue weighted by atomic mass is 35.5. The number of likely N-dealkylation sites (tertiary alicyclic amines) is 1. The first-order chi connectivity index (χ1) is 11.9. The van der Waals surface area contributed by atoms with Crippen LogP contribution in [0.2, 0.25) is 10.0 Å². The summed E-state index contributed by atoms with van der Waals surface area (Å²) in [5, 5.41) is 0.667. The minimum Gasteiger partial charge on any atom is -0.339 e. The number of hydrogen-bond donors (Lipinski definition) is 1. The number of anilines is 1. The molecule has 1 heterocycles. The lowest BCUT2D eigenvalue weighted by atomic mass is 10.2. The van der Waals surface area contributed by atoms with Crippen LogP contribution in [0.4, 0.5) is 5.69 Å². The number of nitrogens with one attached hydrogen (secondary N) is 1. The van der Waals surface area contributed by atoms with Crippen molar-refractivity contribution in [1.29, 1.82) is 0 Å². The highest BCUT2D eigenvalue weighted by Gasteiger charge is 2.22. The van der Waals surface area contributed by atoms with Crippen molar-refractivity contribution in [2.45, 2.75) is 17.7 Å². The van der Waals surface area contributed by atoms with Gasteiger partial charge in [-0.3, -0.25) is 9.52 Å². The fourth-order valence-corrected chi connectivity index (χ4v) is 4.11. The first kappa shape index (κ1) is 18.0. The molecule has 0 atom stereocenters. The van der Waals surface area contributed by atoms with Gasteiger partial charge in [-0.15, -0.1) is 0 Å². The largest absolute Gasteiger partial charge is 0.339 e. The monoisotopic (exact) mass is 398 g/mol. The number of amides is 1. The predicted molar refractivity (Wildman–Crippen MR) is 98.9 cm³/mol. The lowest BCUT2D eigenvalue weighted by molar-refractivity contribution is 0.0793. The SMILES string of the molecule is O=C(c1ccc(NS(=O)(=O)c2ccc(Cl)cc2)cc1Cl)N1CCCC1. The fraction of sp³-hybridized carbons (Fsp3) is 0.235. The molecule has 0 radical (unpaired) electrons. The second kappa shape index (κ2) is 7.23. The van der Waals surface area contributed by atoms with E-state index in [-0.39, 0.29) is 21.5 Å². The Hall–Kier alpha value is -1.76. The molecule has 0 aliphatic carbocycles. The Morgan fingerprint density at radius 3 is 2.24 bits per heavy atom. The van der Waals surface area contributed by atoms with Crippen LogP contribution in [0.5, 0.6) is 0 Å². The second-order valence-electron chi connectivity index (χ2n) is 5.75. The third kappa shape index (κ3) is 4.08. The van der Waals surface area contributed by atoms with E-state index in [9.17, 15) is 13.2 Å². The number of hydrogen-bond acceptors (Lipinski definition) is 3. The molecule has 8 heteroatoms. The molecule has 0 unspecified atom stereocenters. The van der Waals surface area contributed by atoms with Gasteiger partial charge in [-0.2, -0.15) is 0 Å². The topological polar surface area (TPSA) is 66.5 Å². The van der Waals surface area contributed by atoms with Crippen molar-refractivity contribution in [1.82, 2.24) is 4.90 Å². The molecule has 2 aromatic carbocycles. The van der Waals surface area contributed by atoms with Crippen molar-refractivity contribution < 1.29 is 13.2 Å². The summed E-state index contributed by atoms with van der Waals surface area (Å²) in [4.78, 5) is 14.2. The van der Waals surface area contributed by atoms with Crippen LogP contribution in [0.3, 0.4) is 0 Å². The Balaban J connectivity index is 1.80. The number of halogens is 2. The number of sulfonamides is 1. The smallest absolute Gasteiger partial charge is 0.261 e. The van der Waals surface area contributed by atoms with Gasteiger partial charge in [0, 0.05) is 18.1 Å². The molecule has 132 valence electrons. The lowest BCUT2D eigenvalue weighted by Crippen LogP contribution is -2.27. The molecular formula is C17H16Cl2N2O3S. The second-order valence-corrected chi connectivity index (χ2v) is 8.28. The highest BCUT2D eigenvalue weighted by Crippen LogP contribution is 2.26. The Bertz CT molecular complexity index is 893. The third-order valence-corrected chi connectivity index (χ3v) is 5.93. The van der Waals surface area contributed by atoms with Crippen molar-refractivity contribution in [3.63, 3.8) is 0 Å². The van der Waals surface area contributed by atoms with Crippen LogP contribution in [0.15, 0.2) is 47.4 Å². The van der Waals surface area contributed by atoms with Gasteiger partial charge < -0.3 is 4.90 Å². The van der Waals surface area contributed by atoms with Gasteiger partial charge in [-0.25, -0.2) is 8.42 Å². The fourth-order valence-electron chi connectivity index (χ4n) is 2.67. The number of nitrogens with zero attached hydrogens (tertiary/aromatic N) is 1. The van der Waals surface area contributed by atoms with Crippen LogP contribution < -0.4 is 4.72 Å². The van der Waals surface area contributed by atoms with E-state index < -0.39 is 10.0 Å². The summed E-state index contributed by atoms with van der Waals surface area (Å²) in [6, 6.07) is 10.3. The summed E-state index contributed by atoms with van der Waals surface area (Å²) in [5.74, 6) is -0.130. The molecule has 2 aromatic rings. The van der Waals surface area contributed by atoms with E-state index in [0.717, 1.165) is 25.9 Å². The Labute approximate surface area is 156 Å². The standard InChI is InChI=1S/C17H16Cl2N2O3S/c18-12-3-6-14(7-4-12)25(23,24)20-13-5-8-15(16(19)11-13)17(22)21-9-1-2-10-21/h3-8,11,20H,1-2,9-10H2. The molecular weight excluding hydrogens is 383 g/mol. The average Bonchev–Trinajstić information content (AvgIpc) is 3.09. The maximum Gasteiger partial charge on any atom is 0.261 e. The molecule has 25 heavy (non-hydrogen) atoms. The van der Waals surface area contributed by atoms with Crippen molar-refractivity contribution >= 4 is 44.8 Å². The summed E-state index contributed by atoms with van der Waals surface area (Å²) in [6.07, 6.45) is 1.98. The van der Waals surface area contributed by atoms with Crippen LogP contribution in [0, 0.1) is 0 Å². The molecule has 0 bridgehead atoms. The maximum absolute atomic E-state index is 12.4. The molecule has 1 saturated heterocycles. The first-order valence-corrected chi connectivity index (χ1v) is 9.98. The van der Waals surface area contributed by atoms with Crippen LogP contribution in [0.1, 0.15) is 23.2 Å². The van der Waals surface area contributed by atoms with E-state index in [1.54, 1.807) is 11.0 Å². The molecule has 1 N–H and O–H groups in total. The lowest BCUT2D eigenvalue weighted by Gasteiger charge is -2.16. The molecule has 0 spiro atoms. The van der Waals surface area contributed by atoms with E-state index >= 15 is 0 Å². The van der Waals surface area contributed by atoms with Crippen LogP contribution in [0.25, 0.3) is 0 Å². The number of rotatable bonds is 4. The van der Waals surface area contributed by atoms with E-state index in [1.165, 1.54) is 36.4 Å². The zero-order valence-electron chi connectivity index (χ0n) is 13.2. The normalized spacial score (nSPS) is 14.6. The minimum absolute atomic E-state index is 0.0882. The Kier molecular flexibility index (Phi) is 5.22. The van der Waals surface area contributed by atoms with Gasteiger partial charge in [0.25, 0.3) is 15.9 Å². The number of carbonyl (C=O) groups excluding carboxylic acids is 1. The van der Waals surface area contributed by atoms with Crippen LogP contribution in [-0.2, 0) is 10.0 Å². The molecule has 3 rings (SSSR count). The molecule has 1 aliphatic rings. The predicted octanol–water partition coefficient (Wildman–Crippen LogP) is 4.03. The highest BCUT2D eigenvalue weighted by molar-refractivity contribution is 7.92. The maximum atomic E-state index is 12.4. The quantitative estimate of drug-likeness (QED) is 0.844. The summed E-state index contributed by atoms with van der Waals surface area (Å²) < 4.78 is 27.2. The molecule has 0 aromatic heterocycles. The van der Waals surface area contributed by atoms with Crippen LogP contribution in [-0.4, -0.2) is 32.3 Å². The van der Waals surface area contributed by atoms with Gasteiger partial charge in [0.05, 0.1) is 21.2 Å². The van der Waals surface area contributed by atoms with Crippen molar-refractivity contribution in [2.75, 3.05) is 17.8 Å². The number of benzene rings is 2. The Morgan fingerprint density at radius 1 is 1.00 bits per heavy atom. The van der Waals surface area contributed by atoms with E-state index in [1.807, 2.05) is 0 Å². The summed E-state index contributed by atoms with van der Waals surface area (Å²) in [5.41, 5.74) is 0.663. The summed E-state index contributed by atoms with van der Waals surface area (Å²) in [7, 11) is -3.76. The zero-order valence-corrected chi connectivity index (χ0v) is 15.5. The van der Waals surface area contributed by atoms with Crippen molar-refractivity contribution in [3.8, 4) is 0 Å². The van der Waals surface area contributed by atoms with E-state index in [4.69, 9.17) is 23.2 Å². The molecule has 1 amide bonds. The summed E-state index contributed by atoms with van der Waals surface area (Å²) in [6.45, 7) is 1.44. The van der Waals surface area contributed by atoms with Crippen molar-refractivity contribution in [3.05, 3.63) is 58.1 Å². The molecule has 1 aliphatic heterocycles. The zero-order chi connectivity index (χ0) is 18.0. The summed E-state index contributed by atoms with van der Waals surface area (Å²) >= 11 is 12.0. The van der Waals surface area contributed by atoms with E-state index in [2.05, 4.69) is 4.72 Å². The van der Waals surface area contributed by atoms with Gasteiger partial charge in [-0.05, 0) is 55.3 Å². The Morgan fingerprint density at radius 2 is 1.64 bits per heavy atom.